The van der Waals surface area contributed by atoms with Crippen LogP contribution in [-0.4, -0.2) is 70.6 Å². The highest BCUT2D eigenvalue weighted by Gasteiger charge is 2.85. The third kappa shape index (κ3) is 1.62. The van der Waals surface area contributed by atoms with Crippen molar-refractivity contribution < 1.29 is 34.3 Å². The van der Waals surface area contributed by atoms with Crippen molar-refractivity contribution in [2.24, 2.45) is 10.8 Å². The van der Waals surface area contributed by atoms with Gasteiger partial charge in [-0.2, -0.15) is 0 Å². The largest absolute Gasteiger partial charge is 0.459 e. The van der Waals surface area contributed by atoms with E-state index < -0.39 is 52.9 Å². The fraction of sp³-hybridized carbons (Fsp3) is 0.824. The SMILES string of the molecule is CC(=O)O[C@@H]1[C@@H](O)[C@H]2O[C@@H]3C=C(C)[C@@H](O)C[C@]3(CO)[C@]1(C)C21CO1. The zero-order valence-electron chi connectivity index (χ0n) is 14.1. The molecule has 134 valence electrons. The van der Waals surface area contributed by atoms with Crippen molar-refractivity contribution >= 4 is 5.97 Å². The summed E-state index contributed by atoms with van der Waals surface area (Å²) >= 11 is 0. The van der Waals surface area contributed by atoms with Crippen molar-refractivity contribution in [3.8, 4) is 0 Å². The van der Waals surface area contributed by atoms with Crippen molar-refractivity contribution in [1.29, 1.82) is 0 Å². The molecule has 3 N–H and O–H groups in total. The van der Waals surface area contributed by atoms with E-state index in [1.165, 1.54) is 6.92 Å². The smallest absolute Gasteiger partial charge is 0.303 e. The Balaban J connectivity index is 1.90. The first-order chi connectivity index (χ1) is 11.2. The van der Waals surface area contributed by atoms with E-state index in [4.69, 9.17) is 14.2 Å². The first-order valence-electron chi connectivity index (χ1n) is 8.35. The van der Waals surface area contributed by atoms with Gasteiger partial charge in [0.15, 0.2) is 0 Å². The molecule has 4 aliphatic rings. The van der Waals surface area contributed by atoms with Crippen LogP contribution in [0.2, 0.25) is 0 Å². The Bertz CT molecular complexity index is 612. The normalized spacial score (nSPS) is 55.1. The molecule has 2 bridgehead atoms. The molecule has 0 aromatic heterocycles. The van der Waals surface area contributed by atoms with Crippen LogP contribution in [0, 0.1) is 10.8 Å². The van der Waals surface area contributed by atoms with Gasteiger partial charge in [0.1, 0.15) is 23.9 Å². The molecule has 1 spiro atoms. The van der Waals surface area contributed by atoms with E-state index >= 15 is 0 Å². The molecule has 2 aliphatic carbocycles. The summed E-state index contributed by atoms with van der Waals surface area (Å²) < 4.78 is 17.4. The molecule has 2 saturated heterocycles. The summed E-state index contributed by atoms with van der Waals surface area (Å²) in [6.45, 7) is 5.09. The molecule has 0 aromatic carbocycles. The zero-order valence-corrected chi connectivity index (χ0v) is 14.1. The molecule has 1 saturated carbocycles. The number of carbonyl (C=O) groups excluding carboxylic acids is 1. The molecule has 7 heteroatoms. The number of hydrogen-bond donors (Lipinski definition) is 3. The molecule has 3 fully saturated rings. The van der Waals surface area contributed by atoms with Gasteiger partial charge >= 0.3 is 5.97 Å². The Morgan fingerprint density at radius 2 is 2.12 bits per heavy atom. The Morgan fingerprint density at radius 3 is 2.67 bits per heavy atom. The van der Waals surface area contributed by atoms with E-state index in [2.05, 4.69) is 0 Å². The number of hydrogen-bond acceptors (Lipinski definition) is 7. The molecule has 0 amide bonds. The number of epoxide rings is 1. The molecule has 7 nitrogen and oxygen atoms in total. The maximum Gasteiger partial charge on any atom is 0.303 e. The molecule has 0 radical (unpaired) electrons. The van der Waals surface area contributed by atoms with Gasteiger partial charge in [-0.05, 0) is 18.9 Å². The summed E-state index contributed by atoms with van der Waals surface area (Å²) in [5.41, 5.74) is -1.80. The summed E-state index contributed by atoms with van der Waals surface area (Å²) in [6, 6.07) is 0. The van der Waals surface area contributed by atoms with Crippen molar-refractivity contribution in [2.45, 2.75) is 63.3 Å². The highest BCUT2D eigenvalue weighted by atomic mass is 16.7. The Kier molecular flexibility index (Phi) is 3.29. The maximum atomic E-state index is 11.6. The third-order valence-corrected chi connectivity index (χ3v) is 6.93. The third-order valence-electron chi connectivity index (χ3n) is 6.93. The van der Waals surface area contributed by atoms with Crippen LogP contribution in [0.3, 0.4) is 0 Å². The van der Waals surface area contributed by atoms with Crippen LogP contribution in [-0.2, 0) is 19.0 Å². The minimum Gasteiger partial charge on any atom is -0.459 e. The number of esters is 1. The molecule has 2 aliphatic heterocycles. The first kappa shape index (κ1) is 16.5. The van der Waals surface area contributed by atoms with Gasteiger partial charge in [0.05, 0.1) is 30.8 Å². The van der Waals surface area contributed by atoms with Gasteiger partial charge in [-0.25, -0.2) is 0 Å². The van der Waals surface area contributed by atoms with Gasteiger partial charge in [-0.3, -0.25) is 4.79 Å². The van der Waals surface area contributed by atoms with E-state index in [9.17, 15) is 20.1 Å². The standard InChI is InChI=1S/C17H24O7/c1-8-4-11-16(6-18,5-10(8)20)15(3)13(23-9(2)19)12(21)14(24-11)17(15)7-22-17/h4,10-14,18,20-21H,5-7H2,1-3H3/t10-,11+,12+,13+,14+,15+,16+,17?/m0/s1. The number of carbonyl (C=O) groups is 1. The number of aliphatic hydroxyl groups excluding tert-OH is 3. The molecule has 2 heterocycles. The second-order valence-corrected chi connectivity index (χ2v) is 7.82. The molecular weight excluding hydrogens is 316 g/mol. The topological polar surface area (TPSA) is 109 Å². The van der Waals surface area contributed by atoms with E-state index in [-0.39, 0.29) is 13.0 Å². The van der Waals surface area contributed by atoms with E-state index in [1.54, 1.807) is 0 Å². The predicted molar refractivity (Wildman–Crippen MR) is 80.9 cm³/mol. The van der Waals surface area contributed by atoms with E-state index in [0.29, 0.717) is 6.61 Å². The highest BCUT2D eigenvalue weighted by molar-refractivity contribution is 5.66. The minimum atomic E-state index is -1.04. The average molecular weight is 340 g/mol. The average Bonchev–Trinajstić information content (AvgIpc) is 3.30. The second-order valence-electron chi connectivity index (χ2n) is 7.82. The van der Waals surface area contributed by atoms with Gasteiger partial charge in [-0.1, -0.05) is 13.0 Å². The van der Waals surface area contributed by atoms with Crippen molar-refractivity contribution in [2.75, 3.05) is 13.2 Å². The predicted octanol–water partition coefficient (Wildman–Crippen LogP) is -0.475. The number of fused-ring (bicyclic) bond motifs is 2. The fourth-order valence-corrected chi connectivity index (χ4v) is 5.40. The molecule has 24 heavy (non-hydrogen) atoms. The van der Waals surface area contributed by atoms with Crippen LogP contribution in [0.25, 0.3) is 0 Å². The molecule has 0 aromatic rings. The van der Waals surface area contributed by atoms with Gasteiger partial charge < -0.3 is 29.5 Å². The van der Waals surface area contributed by atoms with Gasteiger partial charge in [0, 0.05) is 12.3 Å². The summed E-state index contributed by atoms with van der Waals surface area (Å²) in [7, 11) is 0. The van der Waals surface area contributed by atoms with E-state index in [0.717, 1.165) is 5.57 Å². The van der Waals surface area contributed by atoms with Crippen LogP contribution in [0.4, 0.5) is 0 Å². The lowest BCUT2D eigenvalue weighted by atomic mass is 9.51. The van der Waals surface area contributed by atoms with Gasteiger partial charge in [0.2, 0.25) is 0 Å². The lowest BCUT2D eigenvalue weighted by Crippen LogP contribution is -2.67. The monoisotopic (exact) mass is 340 g/mol. The summed E-state index contributed by atoms with van der Waals surface area (Å²) in [5.74, 6) is -0.503. The van der Waals surface area contributed by atoms with Crippen LogP contribution in [0.5, 0.6) is 0 Å². The lowest BCUT2D eigenvalue weighted by molar-refractivity contribution is -0.236. The second kappa shape index (κ2) is 4.80. The van der Waals surface area contributed by atoms with Crippen molar-refractivity contribution in [1.82, 2.24) is 0 Å². The Morgan fingerprint density at radius 1 is 1.46 bits per heavy atom. The fourth-order valence-electron chi connectivity index (χ4n) is 5.40. The highest BCUT2D eigenvalue weighted by Crippen LogP contribution is 2.71. The van der Waals surface area contributed by atoms with Gasteiger partial charge in [0.25, 0.3) is 0 Å². The first-order valence-corrected chi connectivity index (χ1v) is 8.35. The number of rotatable bonds is 2. The minimum absolute atomic E-state index is 0.259. The quantitative estimate of drug-likeness (QED) is 0.354. The summed E-state index contributed by atoms with van der Waals surface area (Å²) in [6.07, 6.45) is -1.66. The number of aliphatic hydroxyl groups is 3. The lowest BCUT2D eigenvalue weighted by Gasteiger charge is -2.58. The van der Waals surface area contributed by atoms with Crippen LogP contribution in [0.1, 0.15) is 27.2 Å². The number of ether oxygens (including phenoxy) is 3. The van der Waals surface area contributed by atoms with Crippen LogP contribution < -0.4 is 0 Å². The Labute approximate surface area is 140 Å². The van der Waals surface area contributed by atoms with Crippen LogP contribution in [0.15, 0.2) is 11.6 Å². The molecule has 1 unspecified atom stereocenters. The van der Waals surface area contributed by atoms with Gasteiger partial charge in [-0.15, -0.1) is 0 Å². The Hall–Kier alpha value is -0.990. The summed E-state index contributed by atoms with van der Waals surface area (Å²) in [4.78, 5) is 11.6. The molecule has 4 rings (SSSR count). The summed E-state index contributed by atoms with van der Waals surface area (Å²) in [5, 5.41) is 31.6. The van der Waals surface area contributed by atoms with Crippen molar-refractivity contribution in [3.05, 3.63) is 11.6 Å². The van der Waals surface area contributed by atoms with E-state index in [1.807, 2.05) is 19.9 Å². The zero-order chi connectivity index (χ0) is 17.5. The molecule has 8 atom stereocenters. The molecular formula is C17H24O7. The van der Waals surface area contributed by atoms with Crippen LogP contribution >= 0.6 is 0 Å². The maximum absolute atomic E-state index is 11.6. The van der Waals surface area contributed by atoms with Crippen molar-refractivity contribution in [3.63, 3.8) is 0 Å².